The zero-order valence-corrected chi connectivity index (χ0v) is 11.9. The number of hydrogen-bond donors (Lipinski definition) is 1. The van der Waals surface area contributed by atoms with E-state index >= 15 is 0 Å². The van der Waals surface area contributed by atoms with Crippen LogP contribution in [0.2, 0.25) is 0 Å². The van der Waals surface area contributed by atoms with Gasteiger partial charge in [-0.25, -0.2) is 4.98 Å². The highest BCUT2D eigenvalue weighted by Crippen LogP contribution is 2.26. The molecule has 0 spiro atoms. The highest BCUT2D eigenvalue weighted by molar-refractivity contribution is 5.84. The van der Waals surface area contributed by atoms with Crippen molar-refractivity contribution >= 4 is 22.6 Å². The van der Waals surface area contributed by atoms with Gasteiger partial charge in [0.15, 0.2) is 0 Å². The molecule has 1 saturated heterocycles. The number of benzene rings is 1. The molecule has 0 radical (unpaired) electrons. The lowest BCUT2D eigenvalue weighted by molar-refractivity contribution is -0.123. The van der Waals surface area contributed by atoms with Gasteiger partial charge >= 0.3 is 0 Å². The van der Waals surface area contributed by atoms with E-state index in [-0.39, 0.29) is 11.8 Å². The van der Waals surface area contributed by atoms with Gasteiger partial charge in [-0.2, -0.15) is 0 Å². The van der Waals surface area contributed by atoms with Crippen LogP contribution in [-0.2, 0) is 4.79 Å². The van der Waals surface area contributed by atoms with Crippen molar-refractivity contribution in [3.05, 3.63) is 35.9 Å². The number of pyridine rings is 1. The van der Waals surface area contributed by atoms with E-state index in [1.165, 1.54) is 10.9 Å². The Morgan fingerprint density at radius 2 is 2.20 bits per heavy atom. The molecular formula is C16H19N3O. The van der Waals surface area contributed by atoms with Gasteiger partial charge in [0.1, 0.15) is 5.82 Å². The molecule has 1 atom stereocenters. The Labute approximate surface area is 118 Å². The number of para-hydroxylation sites is 1. The minimum atomic E-state index is 0.0774. The molecule has 20 heavy (non-hydrogen) atoms. The summed E-state index contributed by atoms with van der Waals surface area (Å²) < 4.78 is 0. The SMILES string of the molecule is CNC(=O)C1CCN(c2cc(C)c3ccccc3n2)C1. The summed E-state index contributed by atoms with van der Waals surface area (Å²) >= 11 is 0. The maximum absolute atomic E-state index is 11.7. The first-order valence-electron chi connectivity index (χ1n) is 7.02. The quantitative estimate of drug-likeness (QED) is 0.908. The highest BCUT2D eigenvalue weighted by atomic mass is 16.1. The van der Waals surface area contributed by atoms with Gasteiger partial charge in [-0.3, -0.25) is 4.79 Å². The van der Waals surface area contributed by atoms with E-state index in [0.717, 1.165) is 30.8 Å². The Morgan fingerprint density at radius 3 is 3.00 bits per heavy atom. The monoisotopic (exact) mass is 269 g/mol. The number of aromatic nitrogens is 1. The van der Waals surface area contributed by atoms with Crippen molar-refractivity contribution in [2.75, 3.05) is 25.0 Å². The topological polar surface area (TPSA) is 45.2 Å². The highest BCUT2D eigenvalue weighted by Gasteiger charge is 2.28. The average molecular weight is 269 g/mol. The maximum atomic E-state index is 11.7. The fraction of sp³-hybridized carbons (Fsp3) is 0.375. The fourth-order valence-electron chi connectivity index (χ4n) is 2.88. The second kappa shape index (κ2) is 5.12. The molecule has 1 aromatic heterocycles. The fourth-order valence-corrected chi connectivity index (χ4v) is 2.88. The van der Waals surface area contributed by atoms with Gasteiger partial charge in [0.2, 0.25) is 5.91 Å². The number of aryl methyl sites for hydroxylation is 1. The zero-order valence-electron chi connectivity index (χ0n) is 11.9. The van der Waals surface area contributed by atoms with Crippen molar-refractivity contribution in [1.29, 1.82) is 0 Å². The van der Waals surface area contributed by atoms with E-state index in [2.05, 4.69) is 29.3 Å². The molecule has 4 nitrogen and oxygen atoms in total. The van der Waals surface area contributed by atoms with E-state index in [4.69, 9.17) is 4.98 Å². The molecule has 4 heteroatoms. The van der Waals surface area contributed by atoms with Crippen LogP contribution in [0, 0.1) is 12.8 Å². The first-order valence-corrected chi connectivity index (χ1v) is 7.02. The molecule has 1 amide bonds. The van der Waals surface area contributed by atoms with E-state index in [9.17, 15) is 4.79 Å². The third-order valence-electron chi connectivity index (χ3n) is 4.04. The molecule has 0 bridgehead atoms. The minimum Gasteiger partial charge on any atom is -0.359 e. The van der Waals surface area contributed by atoms with E-state index in [1.807, 2.05) is 18.2 Å². The van der Waals surface area contributed by atoms with Crippen LogP contribution in [0.3, 0.4) is 0 Å². The predicted molar refractivity (Wildman–Crippen MR) is 80.9 cm³/mol. The zero-order chi connectivity index (χ0) is 14.1. The second-order valence-electron chi connectivity index (χ2n) is 5.36. The van der Waals surface area contributed by atoms with Crippen LogP contribution in [0.4, 0.5) is 5.82 Å². The molecule has 1 N–H and O–H groups in total. The number of anilines is 1. The molecule has 1 aliphatic rings. The molecule has 1 aliphatic heterocycles. The number of amides is 1. The van der Waals surface area contributed by atoms with E-state index in [0.29, 0.717) is 0 Å². The Morgan fingerprint density at radius 1 is 1.40 bits per heavy atom. The Bertz CT molecular complexity index is 653. The van der Waals surface area contributed by atoms with Crippen LogP contribution in [0.1, 0.15) is 12.0 Å². The Balaban J connectivity index is 1.90. The van der Waals surface area contributed by atoms with Gasteiger partial charge in [0, 0.05) is 25.5 Å². The standard InChI is InChI=1S/C16H19N3O/c1-11-9-15(18-14-6-4-3-5-13(11)14)19-8-7-12(10-19)16(20)17-2/h3-6,9,12H,7-8,10H2,1-2H3,(H,17,20). The first-order chi connectivity index (χ1) is 9.69. The lowest BCUT2D eigenvalue weighted by Gasteiger charge is -2.18. The van der Waals surface area contributed by atoms with Crippen LogP contribution in [-0.4, -0.2) is 31.0 Å². The number of nitrogens with zero attached hydrogens (tertiary/aromatic N) is 2. The normalized spacial score (nSPS) is 18.5. The van der Waals surface area contributed by atoms with Crippen molar-refractivity contribution in [2.45, 2.75) is 13.3 Å². The largest absolute Gasteiger partial charge is 0.359 e. The van der Waals surface area contributed by atoms with Crippen LogP contribution < -0.4 is 10.2 Å². The van der Waals surface area contributed by atoms with Crippen molar-refractivity contribution in [3.63, 3.8) is 0 Å². The Kier molecular flexibility index (Phi) is 3.30. The van der Waals surface area contributed by atoms with E-state index < -0.39 is 0 Å². The number of hydrogen-bond acceptors (Lipinski definition) is 3. The number of carbonyl (C=O) groups excluding carboxylic acids is 1. The summed E-state index contributed by atoms with van der Waals surface area (Å²) in [4.78, 5) is 18.7. The molecule has 1 fully saturated rings. The van der Waals surface area contributed by atoms with Gasteiger partial charge in [-0.05, 0) is 31.0 Å². The second-order valence-corrected chi connectivity index (χ2v) is 5.36. The summed E-state index contributed by atoms with van der Waals surface area (Å²) in [6.07, 6.45) is 0.896. The van der Waals surface area contributed by atoms with Crippen LogP contribution in [0.15, 0.2) is 30.3 Å². The smallest absolute Gasteiger partial charge is 0.224 e. The van der Waals surface area contributed by atoms with Crippen molar-refractivity contribution in [1.82, 2.24) is 10.3 Å². The molecule has 3 rings (SSSR count). The molecule has 1 unspecified atom stereocenters. The summed E-state index contributed by atoms with van der Waals surface area (Å²) in [6, 6.07) is 10.3. The number of rotatable bonds is 2. The predicted octanol–water partition coefficient (Wildman–Crippen LogP) is 2.12. The molecule has 0 saturated carbocycles. The van der Waals surface area contributed by atoms with Crippen molar-refractivity contribution in [2.24, 2.45) is 5.92 Å². The first kappa shape index (κ1) is 12.9. The number of fused-ring (bicyclic) bond motifs is 1. The van der Waals surface area contributed by atoms with Crippen molar-refractivity contribution < 1.29 is 4.79 Å². The van der Waals surface area contributed by atoms with Gasteiger partial charge in [-0.15, -0.1) is 0 Å². The van der Waals surface area contributed by atoms with Crippen LogP contribution in [0.25, 0.3) is 10.9 Å². The van der Waals surface area contributed by atoms with Crippen molar-refractivity contribution in [3.8, 4) is 0 Å². The summed E-state index contributed by atoms with van der Waals surface area (Å²) in [6.45, 7) is 3.76. The van der Waals surface area contributed by atoms with Crippen LogP contribution >= 0.6 is 0 Å². The molecule has 0 aliphatic carbocycles. The average Bonchev–Trinajstić information content (AvgIpc) is 2.96. The van der Waals surface area contributed by atoms with E-state index in [1.54, 1.807) is 7.05 Å². The summed E-state index contributed by atoms with van der Waals surface area (Å²) in [7, 11) is 1.70. The third-order valence-corrected chi connectivity index (χ3v) is 4.04. The number of nitrogens with one attached hydrogen (secondary N) is 1. The Hall–Kier alpha value is -2.10. The summed E-state index contributed by atoms with van der Waals surface area (Å²) in [5.41, 5.74) is 2.25. The minimum absolute atomic E-state index is 0.0774. The number of carbonyl (C=O) groups is 1. The van der Waals surface area contributed by atoms with Gasteiger partial charge < -0.3 is 10.2 Å². The third kappa shape index (κ3) is 2.22. The molecule has 2 heterocycles. The lowest BCUT2D eigenvalue weighted by atomic mass is 10.1. The summed E-state index contributed by atoms with van der Waals surface area (Å²) in [5, 5.41) is 3.93. The molecular weight excluding hydrogens is 250 g/mol. The molecule has 2 aromatic rings. The summed E-state index contributed by atoms with van der Waals surface area (Å²) in [5.74, 6) is 1.19. The van der Waals surface area contributed by atoms with Crippen LogP contribution in [0.5, 0.6) is 0 Å². The van der Waals surface area contributed by atoms with Gasteiger partial charge in [0.25, 0.3) is 0 Å². The molecule has 104 valence electrons. The van der Waals surface area contributed by atoms with Gasteiger partial charge in [0.05, 0.1) is 11.4 Å². The van der Waals surface area contributed by atoms with Gasteiger partial charge in [-0.1, -0.05) is 18.2 Å². The molecule has 1 aromatic carbocycles. The maximum Gasteiger partial charge on any atom is 0.224 e. The lowest BCUT2D eigenvalue weighted by Crippen LogP contribution is -2.30.